The van der Waals surface area contributed by atoms with E-state index in [4.69, 9.17) is 16.1 Å². The van der Waals surface area contributed by atoms with Crippen molar-refractivity contribution in [3.05, 3.63) is 51.9 Å². The molecule has 5 nitrogen and oxygen atoms in total. The number of nitrogens with zero attached hydrogens (tertiary/aromatic N) is 2. The van der Waals surface area contributed by atoms with Gasteiger partial charge in [-0.05, 0) is 63.9 Å². The zero-order valence-corrected chi connectivity index (χ0v) is 16.2. The first-order valence-electron chi connectivity index (χ1n) is 9.22. The number of hydrogen-bond donors (Lipinski definition) is 1. The van der Waals surface area contributed by atoms with Gasteiger partial charge in [-0.1, -0.05) is 28.9 Å². The van der Waals surface area contributed by atoms with E-state index in [-0.39, 0.29) is 11.9 Å². The lowest BCUT2D eigenvalue weighted by molar-refractivity contribution is -0.121. The van der Waals surface area contributed by atoms with E-state index in [9.17, 15) is 4.79 Å². The lowest BCUT2D eigenvalue weighted by Crippen LogP contribution is -2.36. The molecule has 0 spiro atoms. The first-order chi connectivity index (χ1) is 12.5. The van der Waals surface area contributed by atoms with Gasteiger partial charge >= 0.3 is 0 Å². The van der Waals surface area contributed by atoms with E-state index in [0.29, 0.717) is 19.4 Å². The topological polar surface area (TPSA) is 58.4 Å². The molecule has 2 heterocycles. The Bertz CT molecular complexity index is 734. The second-order valence-electron chi connectivity index (χ2n) is 6.92. The molecule has 1 atom stereocenters. The number of hydrogen-bond acceptors (Lipinski definition) is 4. The van der Waals surface area contributed by atoms with Crippen LogP contribution in [0.25, 0.3) is 0 Å². The van der Waals surface area contributed by atoms with E-state index in [1.54, 1.807) is 0 Å². The van der Waals surface area contributed by atoms with Gasteiger partial charge in [-0.25, -0.2) is 0 Å². The molecule has 1 N–H and O–H groups in total. The third kappa shape index (κ3) is 4.65. The molecule has 0 aliphatic carbocycles. The van der Waals surface area contributed by atoms with Crippen molar-refractivity contribution in [2.75, 3.05) is 19.6 Å². The summed E-state index contributed by atoms with van der Waals surface area (Å²) in [4.78, 5) is 14.8. The van der Waals surface area contributed by atoms with Crippen LogP contribution >= 0.6 is 11.6 Å². The van der Waals surface area contributed by atoms with Crippen LogP contribution in [-0.4, -0.2) is 35.6 Å². The summed E-state index contributed by atoms with van der Waals surface area (Å²) in [5.41, 5.74) is 3.06. The number of aryl methyl sites for hydroxylation is 2. The average Bonchev–Trinajstić information content (AvgIpc) is 3.24. The van der Waals surface area contributed by atoms with Crippen molar-refractivity contribution in [1.82, 2.24) is 15.4 Å². The summed E-state index contributed by atoms with van der Waals surface area (Å²) >= 11 is 6.17. The van der Waals surface area contributed by atoms with E-state index < -0.39 is 0 Å². The van der Waals surface area contributed by atoms with Gasteiger partial charge in [0.1, 0.15) is 5.76 Å². The van der Waals surface area contributed by atoms with Crippen LogP contribution in [0.15, 0.2) is 28.8 Å². The predicted octanol–water partition coefficient (Wildman–Crippen LogP) is 3.83. The minimum absolute atomic E-state index is 0.0521. The molecule has 1 saturated heterocycles. The van der Waals surface area contributed by atoms with Gasteiger partial charge < -0.3 is 9.84 Å². The summed E-state index contributed by atoms with van der Waals surface area (Å²) in [6, 6.07) is 8.11. The number of aromatic nitrogens is 1. The molecule has 1 aromatic carbocycles. The molecule has 1 fully saturated rings. The molecule has 3 rings (SSSR count). The van der Waals surface area contributed by atoms with E-state index in [2.05, 4.69) is 21.4 Å². The van der Waals surface area contributed by atoms with Crippen molar-refractivity contribution >= 4 is 17.5 Å². The third-order valence-electron chi connectivity index (χ3n) is 5.09. The van der Waals surface area contributed by atoms with Crippen molar-refractivity contribution in [3.63, 3.8) is 0 Å². The van der Waals surface area contributed by atoms with Gasteiger partial charge in [0.15, 0.2) is 0 Å². The monoisotopic (exact) mass is 375 g/mol. The second-order valence-corrected chi connectivity index (χ2v) is 7.36. The smallest absolute Gasteiger partial charge is 0.220 e. The Hall–Kier alpha value is -1.85. The van der Waals surface area contributed by atoms with Crippen molar-refractivity contribution in [1.29, 1.82) is 0 Å². The molecule has 2 aromatic rings. The van der Waals surface area contributed by atoms with Crippen LogP contribution in [0.5, 0.6) is 0 Å². The molecule has 0 radical (unpaired) electrons. The molecular weight excluding hydrogens is 350 g/mol. The molecule has 6 heteroatoms. The SMILES string of the molecule is Cc1noc(C)c1CCC(=O)NCC(c1cccc(Cl)c1)N1CCCC1. The fraction of sp³-hybridized carbons (Fsp3) is 0.500. The number of amides is 1. The molecule has 1 unspecified atom stereocenters. The molecule has 140 valence electrons. The maximum Gasteiger partial charge on any atom is 0.220 e. The number of likely N-dealkylation sites (tertiary alicyclic amines) is 1. The van der Waals surface area contributed by atoms with Gasteiger partial charge in [0.2, 0.25) is 5.91 Å². The van der Waals surface area contributed by atoms with E-state index in [0.717, 1.165) is 40.7 Å². The fourth-order valence-corrected chi connectivity index (χ4v) is 3.82. The Morgan fingerprint density at radius 1 is 1.35 bits per heavy atom. The summed E-state index contributed by atoms with van der Waals surface area (Å²) in [6.07, 6.45) is 3.50. The molecule has 1 aliphatic heterocycles. The largest absolute Gasteiger partial charge is 0.361 e. The van der Waals surface area contributed by atoms with Gasteiger partial charge in [0.05, 0.1) is 11.7 Å². The van der Waals surface area contributed by atoms with Crippen molar-refractivity contribution in [2.24, 2.45) is 0 Å². The number of halogens is 1. The number of carbonyl (C=O) groups excluding carboxylic acids is 1. The van der Waals surface area contributed by atoms with Crippen LogP contribution in [0.3, 0.4) is 0 Å². The maximum atomic E-state index is 12.4. The number of nitrogens with one attached hydrogen (secondary N) is 1. The van der Waals surface area contributed by atoms with Crippen LogP contribution in [0, 0.1) is 13.8 Å². The highest BCUT2D eigenvalue weighted by atomic mass is 35.5. The molecular formula is C20H26ClN3O2. The standard InChI is InChI=1S/C20H26ClN3O2/c1-14-18(15(2)26-23-14)8-9-20(25)22-13-19(24-10-3-4-11-24)16-6-5-7-17(21)12-16/h5-7,12,19H,3-4,8-11,13H2,1-2H3,(H,22,25). The Morgan fingerprint density at radius 3 is 2.77 bits per heavy atom. The van der Waals surface area contributed by atoms with Crippen molar-refractivity contribution in [2.45, 2.75) is 45.6 Å². The van der Waals surface area contributed by atoms with Gasteiger partial charge in [-0.2, -0.15) is 0 Å². The summed E-state index contributed by atoms with van der Waals surface area (Å²) in [5, 5.41) is 7.78. The van der Waals surface area contributed by atoms with E-state index >= 15 is 0 Å². The highest BCUT2D eigenvalue weighted by Gasteiger charge is 2.24. The molecule has 1 aliphatic rings. The minimum atomic E-state index is 0.0521. The number of rotatable bonds is 7. The Kier molecular flexibility index (Phi) is 6.33. The van der Waals surface area contributed by atoms with E-state index in [1.165, 1.54) is 12.8 Å². The molecule has 1 amide bonds. The summed E-state index contributed by atoms with van der Waals surface area (Å²) < 4.78 is 5.16. The van der Waals surface area contributed by atoms with Crippen LogP contribution in [0.2, 0.25) is 5.02 Å². The molecule has 1 aromatic heterocycles. The summed E-state index contributed by atoms with van der Waals surface area (Å²) in [6.45, 7) is 6.51. The van der Waals surface area contributed by atoms with Gasteiger partial charge in [-0.3, -0.25) is 9.69 Å². The Morgan fingerprint density at radius 2 is 2.12 bits per heavy atom. The predicted molar refractivity (Wildman–Crippen MR) is 102 cm³/mol. The first kappa shape index (κ1) is 18.9. The fourth-order valence-electron chi connectivity index (χ4n) is 3.62. The number of carbonyl (C=O) groups is 1. The van der Waals surface area contributed by atoms with Crippen LogP contribution in [-0.2, 0) is 11.2 Å². The first-order valence-corrected chi connectivity index (χ1v) is 9.60. The normalized spacial score (nSPS) is 16.0. The third-order valence-corrected chi connectivity index (χ3v) is 5.33. The molecule has 0 bridgehead atoms. The highest BCUT2D eigenvalue weighted by molar-refractivity contribution is 6.30. The molecule has 26 heavy (non-hydrogen) atoms. The number of benzene rings is 1. The quantitative estimate of drug-likeness (QED) is 0.799. The maximum absolute atomic E-state index is 12.4. The van der Waals surface area contributed by atoms with Crippen LogP contribution in [0.4, 0.5) is 0 Å². The second kappa shape index (κ2) is 8.69. The van der Waals surface area contributed by atoms with E-state index in [1.807, 2.05) is 32.0 Å². The zero-order valence-electron chi connectivity index (χ0n) is 15.4. The van der Waals surface area contributed by atoms with Crippen LogP contribution in [0.1, 0.15) is 47.9 Å². The summed E-state index contributed by atoms with van der Waals surface area (Å²) in [7, 11) is 0. The van der Waals surface area contributed by atoms with Crippen molar-refractivity contribution in [3.8, 4) is 0 Å². The Balaban J connectivity index is 1.59. The highest BCUT2D eigenvalue weighted by Crippen LogP contribution is 2.26. The van der Waals surface area contributed by atoms with Gasteiger partial charge in [0.25, 0.3) is 0 Å². The zero-order chi connectivity index (χ0) is 18.5. The van der Waals surface area contributed by atoms with Crippen molar-refractivity contribution < 1.29 is 9.32 Å². The van der Waals surface area contributed by atoms with Crippen LogP contribution < -0.4 is 5.32 Å². The summed E-state index contributed by atoms with van der Waals surface area (Å²) in [5.74, 6) is 0.848. The van der Waals surface area contributed by atoms with Gasteiger partial charge in [-0.15, -0.1) is 0 Å². The lowest BCUT2D eigenvalue weighted by atomic mass is 10.0. The van der Waals surface area contributed by atoms with Gasteiger partial charge in [0, 0.05) is 23.6 Å². The average molecular weight is 376 g/mol. The lowest BCUT2D eigenvalue weighted by Gasteiger charge is -2.28. The molecule has 0 saturated carbocycles. The Labute approximate surface area is 159 Å². The minimum Gasteiger partial charge on any atom is -0.361 e.